The van der Waals surface area contributed by atoms with E-state index in [2.05, 4.69) is 0 Å². The summed E-state index contributed by atoms with van der Waals surface area (Å²) >= 11 is 10.4. The van der Waals surface area contributed by atoms with E-state index in [1.807, 2.05) is 0 Å². The Morgan fingerprint density at radius 3 is 2.29 bits per heavy atom. The minimum absolute atomic E-state index is 0.135. The predicted molar refractivity (Wildman–Crippen MR) is 81.8 cm³/mol. The van der Waals surface area contributed by atoms with E-state index in [1.165, 1.54) is 0 Å². The summed E-state index contributed by atoms with van der Waals surface area (Å²) in [7, 11) is 0. The Labute approximate surface area is 121 Å². The SMILES string of the molecule is OCCSCC(O)CSC(CO)CSCCCl. The molecule has 0 heterocycles. The Balaban J connectivity index is 3.52. The van der Waals surface area contributed by atoms with E-state index in [1.54, 1.807) is 35.3 Å². The van der Waals surface area contributed by atoms with Crippen LogP contribution in [0.2, 0.25) is 0 Å². The van der Waals surface area contributed by atoms with Crippen molar-refractivity contribution in [2.24, 2.45) is 0 Å². The lowest BCUT2D eigenvalue weighted by Gasteiger charge is -2.16. The van der Waals surface area contributed by atoms with Crippen molar-refractivity contribution in [3.63, 3.8) is 0 Å². The lowest BCUT2D eigenvalue weighted by Crippen LogP contribution is -2.20. The van der Waals surface area contributed by atoms with Crippen LogP contribution in [0, 0.1) is 0 Å². The van der Waals surface area contributed by atoms with Gasteiger partial charge in [-0.1, -0.05) is 0 Å². The zero-order valence-corrected chi connectivity index (χ0v) is 13.0. The topological polar surface area (TPSA) is 60.7 Å². The molecule has 0 aromatic rings. The number of alkyl halides is 1. The van der Waals surface area contributed by atoms with Gasteiger partial charge in [0.25, 0.3) is 0 Å². The van der Waals surface area contributed by atoms with Gasteiger partial charge in [-0.05, 0) is 0 Å². The third-order valence-electron chi connectivity index (χ3n) is 1.80. The molecule has 0 amide bonds. The van der Waals surface area contributed by atoms with Crippen LogP contribution in [0.25, 0.3) is 0 Å². The largest absolute Gasteiger partial charge is 0.396 e. The van der Waals surface area contributed by atoms with Crippen LogP contribution in [-0.4, -0.2) is 74.5 Å². The Morgan fingerprint density at radius 1 is 1.00 bits per heavy atom. The average Bonchev–Trinajstić information content (AvgIpc) is 2.34. The molecule has 2 unspecified atom stereocenters. The number of rotatable bonds is 12. The number of hydrogen-bond acceptors (Lipinski definition) is 6. The fraction of sp³-hybridized carbons (Fsp3) is 1.00. The van der Waals surface area contributed by atoms with E-state index < -0.39 is 0 Å². The molecule has 0 radical (unpaired) electrons. The van der Waals surface area contributed by atoms with Gasteiger partial charge in [0.1, 0.15) is 0 Å². The van der Waals surface area contributed by atoms with Gasteiger partial charge in [-0.3, -0.25) is 0 Å². The third-order valence-corrected chi connectivity index (χ3v) is 6.01. The highest BCUT2D eigenvalue weighted by Gasteiger charge is 2.11. The van der Waals surface area contributed by atoms with E-state index in [0.717, 1.165) is 11.5 Å². The van der Waals surface area contributed by atoms with Crippen LogP contribution in [-0.2, 0) is 0 Å². The second-order valence-electron chi connectivity index (χ2n) is 3.35. The van der Waals surface area contributed by atoms with E-state index in [-0.39, 0.29) is 24.6 Å². The summed E-state index contributed by atoms with van der Waals surface area (Å²) in [6, 6.07) is 0. The van der Waals surface area contributed by atoms with Crippen molar-refractivity contribution < 1.29 is 15.3 Å². The van der Waals surface area contributed by atoms with E-state index in [9.17, 15) is 5.11 Å². The van der Waals surface area contributed by atoms with Crippen molar-refractivity contribution in [3.8, 4) is 0 Å². The van der Waals surface area contributed by atoms with Crippen molar-refractivity contribution in [2.45, 2.75) is 11.4 Å². The Bertz CT molecular complexity index is 166. The molecule has 7 heteroatoms. The molecule has 0 spiro atoms. The first-order valence-corrected chi connectivity index (χ1v) is 9.36. The fourth-order valence-corrected chi connectivity index (χ4v) is 4.20. The van der Waals surface area contributed by atoms with Crippen molar-refractivity contribution in [3.05, 3.63) is 0 Å². The molecule has 0 aliphatic rings. The monoisotopic (exact) mass is 320 g/mol. The summed E-state index contributed by atoms with van der Waals surface area (Å²) in [6.45, 7) is 0.287. The summed E-state index contributed by atoms with van der Waals surface area (Å²) in [5.41, 5.74) is 0. The van der Waals surface area contributed by atoms with Crippen LogP contribution in [0.4, 0.5) is 0 Å². The van der Waals surface area contributed by atoms with E-state index in [0.29, 0.717) is 23.1 Å². The molecule has 0 rings (SSSR count). The molecule has 17 heavy (non-hydrogen) atoms. The third kappa shape index (κ3) is 12.0. The molecule has 0 aromatic heterocycles. The first-order chi connectivity index (χ1) is 8.24. The number of thioether (sulfide) groups is 3. The Morgan fingerprint density at radius 2 is 1.71 bits per heavy atom. The van der Waals surface area contributed by atoms with Crippen molar-refractivity contribution in [2.75, 3.05) is 47.9 Å². The van der Waals surface area contributed by atoms with E-state index >= 15 is 0 Å². The van der Waals surface area contributed by atoms with Crippen LogP contribution >= 0.6 is 46.9 Å². The highest BCUT2D eigenvalue weighted by Crippen LogP contribution is 2.18. The van der Waals surface area contributed by atoms with Crippen LogP contribution in [0.15, 0.2) is 0 Å². The quantitative estimate of drug-likeness (QED) is 0.370. The molecular formula is C10H21ClO3S3. The van der Waals surface area contributed by atoms with Crippen LogP contribution in [0.1, 0.15) is 0 Å². The maximum absolute atomic E-state index is 9.66. The maximum atomic E-state index is 9.66. The van der Waals surface area contributed by atoms with Crippen molar-refractivity contribution in [1.29, 1.82) is 0 Å². The van der Waals surface area contributed by atoms with Crippen molar-refractivity contribution in [1.82, 2.24) is 0 Å². The molecule has 3 N–H and O–H groups in total. The van der Waals surface area contributed by atoms with Crippen molar-refractivity contribution >= 4 is 46.9 Å². The molecule has 0 aliphatic carbocycles. The lowest BCUT2D eigenvalue weighted by molar-refractivity contribution is 0.224. The Hall–Kier alpha value is 1.22. The minimum atomic E-state index is -0.372. The predicted octanol–water partition coefficient (Wildman–Crippen LogP) is 1.14. The summed E-state index contributed by atoms with van der Waals surface area (Å²) in [6.07, 6.45) is -0.372. The highest BCUT2D eigenvalue weighted by atomic mass is 35.5. The maximum Gasteiger partial charge on any atom is 0.0721 e. The van der Waals surface area contributed by atoms with Gasteiger partial charge >= 0.3 is 0 Å². The van der Waals surface area contributed by atoms with E-state index in [4.69, 9.17) is 21.8 Å². The molecule has 0 aliphatic heterocycles. The second kappa shape index (κ2) is 13.6. The zero-order valence-electron chi connectivity index (χ0n) is 9.76. The van der Waals surface area contributed by atoms with Gasteiger partial charge in [-0.25, -0.2) is 0 Å². The summed E-state index contributed by atoms with van der Waals surface area (Å²) < 4.78 is 0. The zero-order chi connectivity index (χ0) is 12.9. The van der Waals surface area contributed by atoms with Gasteiger partial charge in [-0.2, -0.15) is 35.3 Å². The average molecular weight is 321 g/mol. The number of hydrogen-bond donors (Lipinski definition) is 3. The molecule has 3 nitrogen and oxygen atoms in total. The molecule has 0 fully saturated rings. The van der Waals surface area contributed by atoms with Crippen LogP contribution in [0.5, 0.6) is 0 Å². The van der Waals surface area contributed by atoms with Gasteiger partial charge in [0.15, 0.2) is 0 Å². The molecule has 0 saturated heterocycles. The van der Waals surface area contributed by atoms with Gasteiger partial charge < -0.3 is 15.3 Å². The van der Waals surface area contributed by atoms with Crippen LogP contribution in [0.3, 0.4) is 0 Å². The van der Waals surface area contributed by atoms with Gasteiger partial charge in [0.05, 0.1) is 19.3 Å². The summed E-state index contributed by atoms with van der Waals surface area (Å²) in [5, 5.41) is 27.6. The molecule has 0 aromatic carbocycles. The molecule has 2 atom stereocenters. The summed E-state index contributed by atoms with van der Waals surface area (Å²) in [5.74, 6) is 4.33. The standard InChI is InChI=1S/C10H21ClO3S3/c11-1-3-15-8-10(5-13)17-7-9(14)6-16-4-2-12/h9-10,12-14H,1-8H2. The fourth-order valence-electron chi connectivity index (χ4n) is 1.00. The van der Waals surface area contributed by atoms with Gasteiger partial charge in [0.2, 0.25) is 0 Å². The van der Waals surface area contributed by atoms with Gasteiger partial charge in [-0.15, -0.1) is 11.6 Å². The second-order valence-corrected chi connectivity index (χ2v) is 7.37. The molecular weight excluding hydrogens is 300 g/mol. The summed E-state index contributed by atoms with van der Waals surface area (Å²) in [4.78, 5) is 0. The van der Waals surface area contributed by atoms with Gasteiger partial charge in [0, 0.05) is 39.9 Å². The first-order valence-electron chi connectivity index (χ1n) is 5.47. The molecule has 104 valence electrons. The van der Waals surface area contributed by atoms with Crippen LogP contribution < -0.4 is 0 Å². The Kier molecular flexibility index (Phi) is 14.6. The lowest BCUT2D eigenvalue weighted by atomic mass is 10.5. The highest BCUT2D eigenvalue weighted by molar-refractivity contribution is 8.03. The normalized spacial score (nSPS) is 14.8. The first kappa shape index (κ1) is 18.2. The smallest absolute Gasteiger partial charge is 0.0721 e. The number of aliphatic hydroxyl groups is 3. The number of halogens is 1. The molecule has 0 saturated carbocycles. The molecule has 0 bridgehead atoms. The number of aliphatic hydroxyl groups excluding tert-OH is 3. The minimum Gasteiger partial charge on any atom is -0.396 e.